The van der Waals surface area contributed by atoms with E-state index in [2.05, 4.69) is 41.6 Å². The number of rotatable bonds is 6. The number of aryl methyl sites for hydroxylation is 1. The largest absolute Gasteiger partial charge is 0.361 e. The number of nitrogens with two attached hydrogens (primary N) is 1. The Kier molecular flexibility index (Phi) is 6.91. The van der Waals surface area contributed by atoms with Crippen LogP contribution in [0.5, 0.6) is 0 Å². The zero-order valence-electron chi connectivity index (χ0n) is 15.1. The summed E-state index contributed by atoms with van der Waals surface area (Å²) in [6.45, 7) is 3.44. The number of fused-ring (bicyclic) bond motifs is 1. The van der Waals surface area contributed by atoms with Crippen LogP contribution in [-0.2, 0) is 11.2 Å². The van der Waals surface area contributed by atoms with Gasteiger partial charge in [-0.25, -0.2) is 0 Å². The fourth-order valence-corrected chi connectivity index (χ4v) is 4.14. The molecule has 1 aromatic heterocycles. The smallest absolute Gasteiger partial charge is 0.220 e. The highest BCUT2D eigenvalue weighted by molar-refractivity contribution is 5.86. The van der Waals surface area contributed by atoms with Gasteiger partial charge in [0, 0.05) is 30.1 Å². The standard InChI is InChI=1S/C20H29N3O.ClH/c1-15-6-5-7-17-19(15)16(13-23-17)8-11-22-18(24)12-20(14-21)9-3-2-4-10-20;/h5-7,13,23H,2-4,8-12,14,21H2,1H3,(H,22,24);1H. The number of nitrogens with one attached hydrogen (secondary N) is 2. The molecule has 1 heterocycles. The summed E-state index contributed by atoms with van der Waals surface area (Å²) in [4.78, 5) is 15.7. The number of amides is 1. The van der Waals surface area contributed by atoms with Gasteiger partial charge < -0.3 is 16.0 Å². The first-order valence-corrected chi connectivity index (χ1v) is 9.16. The van der Waals surface area contributed by atoms with Crippen molar-refractivity contribution in [1.82, 2.24) is 10.3 Å². The lowest BCUT2D eigenvalue weighted by Gasteiger charge is -2.35. The molecule has 3 rings (SSSR count). The summed E-state index contributed by atoms with van der Waals surface area (Å²) < 4.78 is 0. The fraction of sp³-hybridized carbons (Fsp3) is 0.550. The lowest BCUT2D eigenvalue weighted by atomic mass is 9.71. The Labute approximate surface area is 156 Å². The van der Waals surface area contributed by atoms with Gasteiger partial charge in [0.05, 0.1) is 0 Å². The number of hydrogen-bond donors (Lipinski definition) is 3. The van der Waals surface area contributed by atoms with Crippen molar-refractivity contribution < 1.29 is 4.79 Å². The number of H-pyrrole nitrogens is 1. The van der Waals surface area contributed by atoms with E-state index in [-0.39, 0.29) is 23.7 Å². The predicted molar refractivity (Wildman–Crippen MR) is 106 cm³/mol. The van der Waals surface area contributed by atoms with Gasteiger partial charge in [-0.2, -0.15) is 0 Å². The monoisotopic (exact) mass is 363 g/mol. The van der Waals surface area contributed by atoms with Crippen LogP contribution in [0.3, 0.4) is 0 Å². The highest BCUT2D eigenvalue weighted by Gasteiger charge is 2.32. The van der Waals surface area contributed by atoms with Gasteiger partial charge >= 0.3 is 0 Å². The van der Waals surface area contributed by atoms with Crippen molar-refractivity contribution in [3.63, 3.8) is 0 Å². The minimum atomic E-state index is 0. The van der Waals surface area contributed by atoms with Crippen LogP contribution < -0.4 is 11.1 Å². The van der Waals surface area contributed by atoms with E-state index in [1.807, 2.05) is 0 Å². The molecule has 0 spiro atoms. The Morgan fingerprint density at radius 3 is 2.76 bits per heavy atom. The van der Waals surface area contributed by atoms with Gasteiger partial charge in [0.2, 0.25) is 5.91 Å². The molecule has 1 aliphatic carbocycles. The summed E-state index contributed by atoms with van der Waals surface area (Å²) in [6.07, 6.45) is 9.38. The molecule has 4 nitrogen and oxygen atoms in total. The molecular formula is C20H30ClN3O. The summed E-state index contributed by atoms with van der Waals surface area (Å²) in [5.41, 5.74) is 9.75. The van der Waals surface area contributed by atoms with Crippen molar-refractivity contribution in [3.05, 3.63) is 35.5 Å². The van der Waals surface area contributed by atoms with Crippen LogP contribution in [-0.4, -0.2) is 24.0 Å². The number of aromatic amines is 1. The van der Waals surface area contributed by atoms with Crippen molar-refractivity contribution in [2.75, 3.05) is 13.1 Å². The third kappa shape index (κ3) is 4.56. The van der Waals surface area contributed by atoms with Gasteiger partial charge in [-0.3, -0.25) is 4.79 Å². The van der Waals surface area contributed by atoms with E-state index in [1.165, 1.54) is 41.3 Å². The Morgan fingerprint density at radius 1 is 1.28 bits per heavy atom. The summed E-state index contributed by atoms with van der Waals surface area (Å²) in [5, 5.41) is 4.39. The van der Waals surface area contributed by atoms with E-state index in [0.717, 1.165) is 19.3 Å². The highest BCUT2D eigenvalue weighted by atomic mass is 35.5. The summed E-state index contributed by atoms with van der Waals surface area (Å²) >= 11 is 0. The molecule has 1 aromatic carbocycles. The van der Waals surface area contributed by atoms with Crippen LogP contribution in [0.4, 0.5) is 0 Å². The Bertz CT molecular complexity index is 704. The summed E-state index contributed by atoms with van der Waals surface area (Å²) in [6, 6.07) is 6.29. The Morgan fingerprint density at radius 2 is 2.04 bits per heavy atom. The first-order valence-electron chi connectivity index (χ1n) is 9.16. The average molecular weight is 364 g/mol. The zero-order chi connectivity index (χ0) is 17.0. The summed E-state index contributed by atoms with van der Waals surface area (Å²) in [5.74, 6) is 0.152. The lowest BCUT2D eigenvalue weighted by molar-refractivity contribution is -0.123. The number of halogens is 1. The third-order valence-electron chi connectivity index (χ3n) is 5.60. The van der Waals surface area contributed by atoms with Crippen LogP contribution in [0.25, 0.3) is 10.9 Å². The van der Waals surface area contributed by atoms with Crippen LogP contribution in [0, 0.1) is 12.3 Å². The van der Waals surface area contributed by atoms with Crippen molar-refractivity contribution in [3.8, 4) is 0 Å². The fourth-order valence-electron chi connectivity index (χ4n) is 4.14. The van der Waals surface area contributed by atoms with Crippen molar-refractivity contribution in [1.29, 1.82) is 0 Å². The van der Waals surface area contributed by atoms with Gasteiger partial charge in [-0.15, -0.1) is 12.4 Å². The maximum atomic E-state index is 12.4. The zero-order valence-corrected chi connectivity index (χ0v) is 15.9. The van der Waals surface area contributed by atoms with E-state index >= 15 is 0 Å². The number of carbonyl (C=O) groups excluding carboxylic acids is 1. The van der Waals surface area contributed by atoms with Crippen LogP contribution in [0.2, 0.25) is 0 Å². The molecule has 0 unspecified atom stereocenters. The molecule has 0 saturated heterocycles. The molecule has 4 N–H and O–H groups in total. The van der Waals surface area contributed by atoms with Crippen molar-refractivity contribution in [2.24, 2.45) is 11.1 Å². The molecule has 0 aliphatic heterocycles. The molecule has 0 atom stereocenters. The van der Waals surface area contributed by atoms with E-state index in [4.69, 9.17) is 5.73 Å². The van der Waals surface area contributed by atoms with Gasteiger partial charge in [-0.05, 0) is 55.3 Å². The minimum Gasteiger partial charge on any atom is -0.361 e. The van der Waals surface area contributed by atoms with E-state index in [9.17, 15) is 4.79 Å². The molecular weight excluding hydrogens is 334 g/mol. The number of hydrogen-bond acceptors (Lipinski definition) is 2. The molecule has 0 radical (unpaired) electrons. The Hall–Kier alpha value is -1.52. The molecule has 25 heavy (non-hydrogen) atoms. The molecule has 2 aromatic rings. The second kappa shape index (κ2) is 8.72. The molecule has 0 bridgehead atoms. The maximum absolute atomic E-state index is 12.4. The van der Waals surface area contributed by atoms with Crippen LogP contribution in [0.15, 0.2) is 24.4 Å². The molecule has 5 heteroatoms. The second-order valence-corrected chi connectivity index (χ2v) is 7.35. The molecule has 138 valence electrons. The van der Waals surface area contributed by atoms with E-state index in [1.54, 1.807) is 0 Å². The highest BCUT2D eigenvalue weighted by Crippen LogP contribution is 2.38. The van der Waals surface area contributed by atoms with Gasteiger partial charge in [0.15, 0.2) is 0 Å². The summed E-state index contributed by atoms with van der Waals surface area (Å²) in [7, 11) is 0. The number of carbonyl (C=O) groups is 1. The number of aromatic nitrogens is 1. The van der Waals surface area contributed by atoms with E-state index < -0.39 is 0 Å². The van der Waals surface area contributed by atoms with E-state index in [0.29, 0.717) is 19.5 Å². The van der Waals surface area contributed by atoms with Gasteiger partial charge in [0.1, 0.15) is 0 Å². The maximum Gasteiger partial charge on any atom is 0.220 e. The van der Waals surface area contributed by atoms with Crippen LogP contribution >= 0.6 is 12.4 Å². The first kappa shape index (κ1) is 19.8. The molecule has 1 fully saturated rings. The number of benzene rings is 1. The van der Waals surface area contributed by atoms with Crippen molar-refractivity contribution in [2.45, 2.75) is 51.9 Å². The molecule has 1 saturated carbocycles. The molecule has 1 aliphatic rings. The second-order valence-electron chi connectivity index (χ2n) is 7.35. The van der Waals surface area contributed by atoms with Crippen molar-refractivity contribution >= 4 is 29.2 Å². The van der Waals surface area contributed by atoms with Crippen LogP contribution in [0.1, 0.15) is 49.7 Å². The Balaban J connectivity index is 0.00000225. The predicted octanol–water partition coefficient (Wildman–Crippen LogP) is 3.86. The topological polar surface area (TPSA) is 70.9 Å². The van der Waals surface area contributed by atoms with Gasteiger partial charge in [-0.1, -0.05) is 31.4 Å². The molecule has 1 amide bonds. The lowest BCUT2D eigenvalue weighted by Crippen LogP contribution is -2.39. The minimum absolute atomic E-state index is 0. The average Bonchev–Trinajstić information content (AvgIpc) is 3.00. The normalized spacial score (nSPS) is 16.4. The third-order valence-corrected chi connectivity index (χ3v) is 5.60. The van der Waals surface area contributed by atoms with Gasteiger partial charge in [0.25, 0.3) is 0 Å². The first-order chi connectivity index (χ1) is 11.6. The quantitative estimate of drug-likeness (QED) is 0.729. The SMILES string of the molecule is Cc1cccc2[nH]cc(CCNC(=O)CC3(CN)CCCCC3)c12.Cl.